The normalized spacial score (nSPS) is 12.0. The molecule has 0 aliphatic carbocycles. The number of primary amides is 1. The molecule has 0 saturated carbocycles. The topological polar surface area (TPSA) is 111 Å². The highest BCUT2D eigenvalue weighted by Gasteiger charge is 2.14. The van der Waals surface area contributed by atoms with E-state index in [4.69, 9.17) is 17.3 Å². The Balaban J connectivity index is 1.97. The number of alkyl halides is 2. The molecule has 1 aromatic carbocycles. The van der Waals surface area contributed by atoms with E-state index >= 15 is 0 Å². The molecule has 3 rings (SSSR count). The number of hydrogen-bond acceptors (Lipinski definition) is 5. The van der Waals surface area contributed by atoms with E-state index in [1.54, 1.807) is 25.1 Å². The van der Waals surface area contributed by atoms with Gasteiger partial charge in [0, 0.05) is 35.4 Å². The molecule has 10 heteroatoms. The number of amides is 1. The monoisotopic (exact) mass is 434 g/mol. The summed E-state index contributed by atoms with van der Waals surface area (Å²) in [5, 5.41) is 0.351. The van der Waals surface area contributed by atoms with Gasteiger partial charge in [-0.3, -0.25) is 9.59 Å². The number of ether oxygens (including phenoxy) is 1. The van der Waals surface area contributed by atoms with E-state index in [0.717, 1.165) is 5.56 Å². The number of nitrogens with one attached hydrogen (secondary N) is 1. The van der Waals surface area contributed by atoms with Crippen molar-refractivity contribution in [2.24, 2.45) is 11.7 Å². The van der Waals surface area contributed by atoms with Crippen molar-refractivity contribution in [2.45, 2.75) is 20.0 Å². The molecule has 3 aromatic rings. The summed E-state index contributed by atoms with van der Waals surface area (Å²) in [6.07, 6.45) is 1.68. The maximum absolute atomic E-state index is 12.3. The standard InChI is InChI=1S/C20H17ClF2N4O3/c1-10(18(24)29)6-11-2-4-14(21)13(7-11)19-26-15(8-16(28)27-19)12-3-5-17(25-9-12)30-20(22)23/h2-5,7-10,20H,6H2,1H3,(H2,24,29)(H,26,27,28). The Morgan fingerprint density at radius 3 is 2.67 bits per heavy atom. The second-order valence-electron chi connectivity index (χ2n) is 6.56. The molecule has 1 unspecified atom stereocenters. The maximum Gasteiger partial charge on any atom is 0.388 e. The van der Waals surface area contributed by atoms with Crippen LogP contribution in [0.3, 0.4) is 0 Å². The van der Waals surface area contributed by atoms with E-state index in [-0.39, 0.29) is 23.3 Å². The van der Waals surface area contributed by atoms with Gasteiger partial charge in [-0.2, -0.15) is 8.78 Å². The van der Waals surface area contributed by atoms with E-state index in [2.05, 4.69) is 19.7 Å². The van der Waals surface area contributed by atoms with Gasteiger partial charge < -0.3 is 15.5 Å². The second kappa shape index (κ2) is 9.00. The number of rotatable bonds is 7. The van der Waals surface area contributed by atoms with E-state index < -0.39 is 18.1 Å². The zero-order valence-electron chi connectivity index (χ0n) is 15.7. The van der Waals surface area contributed by atoms with E-state index in [0.29, 0.717) is 22.6 Å². The van der Waals surface area contributed by atoms with Gasteiger partial charge in [0.05, 0.1) is 10.7 Å². The van der Waals surface area contributed by atoms with Crippen LogP contribution in [0.25, 0.3) is 22.6 Å². The molecule has 0 aliphatic heterocycles. The third-order valence-corrected chi connectivity index (χ3v) is 4.63. The lowest BCUT2D eigenvalue weighted by molar-refractivity contribution is -0.121. The number of halogens is 3. The Hall–Kier alpha value is -3.33. The summed E-state index contributed by atoms with van der Waals surface area (Å²) in [5.41, 5.74) is 6.85. The number of pyridine rings is 1. The second-order valence-corrected chi connectivity index (χ2v) is 6.97. The molecule has 2 aromatic heterocycles. The molecule has 0 aliphatic rings. The first-order chi connectivity index (χ1) is 14.2. The summed E-state index contributed by atoms with van der Waals surface area (Å²) in [5.74, 6) is -0.841. The van der Waals surface area contributed by atoms with Gasteiger partial charge >= 0.3 is 6.61 Å². The number of nitrogens with zero attached hydrogens (tertiary/aromatic N) is 2. The Bertz CT molecular complexity index is 1120. The van der Waals surface area contributed by atoms with Gasteiger partial charge in [0.15, 0.2) is 0 Å². The SMILES string of the molecule is CC(Cc1ccc(Cl)c(-c2nc(-c3ccc(OC(F)F)nc3)cc(=O)[nH]2)c1)C(N)=O. The predicted molar refractivity (Wildman–Crippen MR) is 107 cm³/mol. The molecule has 7 nitrogen and oxygen atoms in total. The molecule has 0 fully saturated rings. The van der Waals surface area contributed by atoms with Crippen LogP contribution >= 0.6 is 11.6 Å². The largest absolute Gasteiger partial charge is 0.417 e. The van der Waals surface area contributed by atoms with Gasteiger partial charge in [0.25, 0.3) is 5.56 Å². The lowest BCUT2D eigenvalue weighted by Gasteiger charge is -2.11. The van der Waals surface area contributed by atoms with Crippen molar-refractivity contribution in [1.82, 2.24) is 15.0 Å². The molecular formula is C20H17ClF2N4O3. The third kappa shape index (κ3) is 5.18. The summed E-state index contributed by atoms with van der Waals surface area (Å²) < 4.78 is 28.8. The van der Waals surface area contributed by atoms with Crippen molar-refractivity contribution in [2.75, 3.05) is 0 Å². The van der Waals surface area contributed by atoms with Crippen LogP contribution in [0.2, 0.25) is 5.02 Å². The quantitative estimate of drug-likeness (QED) is 0.592. The van der Waals surface area contributed by atoms with Crippen molar-refractivity contribution in [1.29, 1.82) is 0 Å². The first kappa shape index (κ1) is 21.4. The Kier molecular flexibility index (Phi) is 6.41. The van der Waals surface area contributed by atoms with E-state index in [9.17, 15) is 18.4 Å². The first-order valence-electron chi connectivity index (χ1n) is 8.83. The van der Waals surface area contributed by atoms with Crippen molar-refractivity contribution in [3.63, 3.8) is 0 Å². The average molecular weight is 435 g/mol. The fourth-order valence-electron chi connectivity index (χ4n) is 2.76. The molecule has 3 N–H and O–H groups in total. The molecule has 0 bridgehead atoms. The molecule has 30 heavy (non-hydrogen) atoms. The number of carbonyl (C=O) groups excluding carboxylic acids is 1. The highest BCUT2D eigenvalue weighted by Crippen LogP contribution is 2.28. The number of benzene rings is 1. The molecule has 1 atom stereocenters. The minimum absolute atomic E-state index is 0.212. The number of aromatic nitrogens is 3. The van der Waals surface area contributed by atoms with Crippen molar-refractivity contribution in [3.8, 4) is 28.5 Å². The predicted octanol–water partition coefficient (Wildman–Crippen LogP) is 3.42. The number of aromatic amines is 1. The summed E-state index contributed by atoms with van der Waals surface area (Å²) in [6.45, 7) is -1.27. The Morgan fingerprint density at radius 1 is 1.27 bits per heavy atom. The molecule has 2 heterocycles. The average Bonchev–Trinajstić information content (AvgIpc) is 2.69. The van der Waals surface area contributed by atoms with Crippen LogP contribution in [0.5, 0.6) is 5.88 Å². The first-order valence-corrected chi connectivity index (χ1v) is 9.21. The minimum Gasteiger partial charge on any atom is -0.417 e. The van der Waals surface area contributed by atoms with Gasteiger partial charge in [0.1, 0.15) is 5.82 Å². The van der Waals surface area contributed by atoms with Gasteiger partial charge in [-0.25, -0.2) is 9.97 Å². The fraction of sp³-hybridized carbons (Fsp3) is 0.200. The van der Waals surface area contributed by atoms with Crippen molar-refractivity contribution >= 4 is 17.5 Å². The van der Waals surface area contributed by atoms with Crippen LogP contribution in [-0.4, -0.2) is 27.5 Å². The van der Waals surface area contributed by atoms with Crippen LogP contribution in [0.4, 0.5) is 8.78 Å². The van der Waals surface area contributed by atoms with E-state index in [1.165, 1.54) is 24.4 Å². The van der Waals surface area contributed by atoms with Crippen LogP contribution < -0.4 is 16.0 Å². The zero-order valence-corrected chi connectivity index (χ0v) is 16.5. The number of carbonyl (C=O) groups is 1. The van der Waals surface area contributed by atoms with Gasteiger partial charge in [0.2, 0.25) is 11.8 Å². The Morgan fingerprint density at radius 2 is 2.03 bits per heavy atom. The van der Waals surface area contributed by atoms with Crippen LogP contribution in [0, 0.1) is 5.92 Å². The molecular weight excluding hydrogens is 418 g/mol. The van der Waals surface area contributed by atoms with Crippen molar-refractivity contribution in [3.05, 3.63) is 63.5 Å². The smallest absolute Gasteiger partial charge is 0.388 e. The summed E-state index contributed by atoms with van der Waals surface area (Å²) >= 11 is 6.30. The van der Waals surface area contributed by atoms with Crippen LogP contribution in [0.15, 0.2) is 47.4 Å². The maximum atomic E-state index is 12.3. The Labute approximate surface area is 174 Å². The molecule has 0 saturated heterocycles. The van der Waals surface area contributed by atoms with Gasteiger partial charge in [-0.05, 0) is 30.2 Å². The summed E-state index contributed by atoms with van der Waals surface area (Å²) in [7, 11) is 0. The highest BCUT2D eigenvalue weighted by molar-refractivity contribution is 6.33. The van der Waals surface area contributed by atoms with Crippen LogP contribution in [0.1, 0.15) is 12.5 Å². The zero-order chi connectivity index (χ0) is 21.8. The molecule has 0 spiro atoms. The highest BCUT2D eigenvalue weighted by atomic mass is 35.5. The summed E-state index contributed by atoms with van der Waals surface area (Å²) in [4.78, 5) is 34.4. The molecule has 156 valence electrons. The van der Waals surface area contributed by atoms with E-state index in [1.807, 2.05) is 0 Å². The minimum atomic E-state index is -2.99. The summed E-state index contributed by atoms with van der Waals surface area (Å²) in [6, 6.07) is 9.10. The third-order valence-electron chi connectivity index (χ3n) is 4.30. The lowest BCUT2D eigenvalue weighted by Crippen LogP contribution is -2.22. The number of nitrogens with two attached hydrogens (primary N) is 1. The van der Waals surface area contributed by atoms with Gasteiger partial charge in [-0.1, -0.05) is 24.6 Å². The number of H-pyrrole nitrogens is 1. The van der Waals surface area contributed by atoms with Crippen LogP contribution in [-0.2, 0) is 11.2 Å². The number of hydrogen-bond donors (Lipinski definition) is 2. The molecule has 1 amide bonds. The van der Waals surface area contributed by atoms with Gasteiger partial charge in [-0.15, -0.1) is 0 Å². The van der Waals surface area contributed by atoms with Crippen molar-refractivity contribution < 1.29 is 18.3 Å². The molecule has 0 radical (unpaired) electrons. The fourth-order valence-corrected chi connectivity index (χ4v) is 2.97. The lowest BCUT2D eigenvalue weighted by atomic mass is 9.99.